The molecule has 0 atom stereocenters. The van der Waals surface area contributed by atoms with E-state index in [1.165, 1.54) is 0 Å². The van der Waals surface area contributed by atoms with Crippen molar-refractivity contribution in [1.29, 1.82) is 0 Å². The van der Waals surface area contributed by atoms with Crippen molar-refractivity contribution in [3.63, 3.8) is 0 Å². The Labute approximate surface area is 78.6 Å². The number of hydrogen-bond acceptors (Lipinski definition) is 0. The maximum atomic E-state index is 12.0. The Balaban J connectivity index is 4.25. The van der Waals surface area contributed by atoms with Crippen molar-refractivity contribution in [2.75, 3.05) is 9.86 Å². The summed E-state index contributed by atoms with van der Waals surface area (Å²) in [7, 11) is 0. The van der Waals surface area contributed by atoms with E-state index in [4.69, 9.17) is 0 Å². The molecule has 0 saturated carbocycles. The number of allylic oxidation sites excluding steroid dienone is 2. The molecule has 0 aromatic carbocycles. The minimum atomic E-state index is -4.03. The van der Waals surface area contributed by atoms with Gasteiger partial charge in [-0.1, -0.05) is 0 Å². The second kappa shape index (κ2) is 5.09. The van der Waals surface area contributed by atoms with Gasteiger partial charge in [0.15, 0.2) is 0 Å². The van der Waals surface area contributed by atoms with Gasteiger partial charge in [-0.25, -0.2) is 0 Å². The van der Waals surface area contributed by atoms with Gasteiger partial charge < -0.3 is 0 Å². The Kier molecular flexibility index (Phi) is 5.20. The van der Waals surface area contributed by atoms with Gasteiger partial charge in [-0.3, -0.25) is 0 Å². The summed E-state index contributed by atoms with van der Waals surface area (Å²) in [5.41, 5.74) is 0. The van der Waals surface area contributed by atoms with Gasteiger partial charge in [0.05, 0.1) is 0 Å². The molecule has 0 radical (unpaired) electrons. The number of rotatable bonds is 3. The van der Waals surface area contributed by atoms with Gasteiger partial charge in [0.1, 0.15) is 0 Å². The van der Waals surface area contributed by atoms with Crippen molar-refractivity contribution >= 4 is 19.8 Å². The summed E-state index contributed by atoms with van der Waals surface area (Å²) in [6.07, 6.45) is -2.28. The molecule has 4 heteroatoms. The summed E-state index contributed by atoms with van der Waals surface area (Å²) >= 11 is -1.42. The first-order chi connectivity index (χ1) is 5.37. The fraction of sp³-hybridized carbons (Fsp3) is 0.750. The molecule has 0 fully saturated rings. The zero-order valence-electron chi connectivity index (χ0n) is 7.50. The SMILES string of the molecule is CC/C=C(\CC(F)(F)F)I(C)C. The summed E-state index contributed by atoms with van der Waals surface area (Å²) in [5.74, 6) is 0. The third-order valence-corrected chi connectivity index (χ3v) is 4.87. The third kappa shape index (κ3) is 5.85. The molecule has 0 saturated heterocycles. The molecule has 0 spiro atoms. The molecule has 12 heavy (non-hydrogen) atoms. The fourth-order valence-corrected chi connectivity index (χ4v) is 3.29. The number of halogens is 4. The van der Waals surface area contributed by atoms with Crippen LogP contribution in [0.1, 0.15) is 19.8 Å². The predicted molar refractivity (Wildman–Crippen MR) is 54.9 cm³/mol. The van der Waals surface area contributed by atoms with Gasteiger partial charge in [-0.05, 0) is 0 Å². The first kappa shape index (κ1) is 12.3. The van der Waals surface area contributed by atoms with Crippen LogP contribution in [-0.2, 0) is 0 Å². The standard InChI is InChI=1S/C8H14F3I/c1-4-5-7(12(2)3)6-8(9,10)11/h5H,4,6H2,1-3H3/b7-5+. The molecule has 0 rings (SSSR count). The van der Waals surface area contributed by atoms with E-state index >= 15 is 0 Å². The second-order valence-electron chi connectivity index (χ2n) is 2.61. The molecule has 0 aliphatic heterocycles. The normalized spacial score (nSPS) is 14.8. The Bertz CT molecular complexity index is 158. The van der Waals surface area contributed by atoms with Gasteiger partial charge in [0, 0.05) is 0 Å². The van der Waals surface area contributed by atoms with E-state index in [-0.39, 0.29) is 0 Å². The first-order valence-corrected chi connectivity index (χ1v) is 9.02. The monoisotopic (exact) mass is 294 g/mol. The molecule has 0 aromatic heterocycles. The zero-order chi connectivity index (χ0) is 9.78. The van der Waals surface area contributed by atoms with Crippen LogP contribution in [0.25, 0.3) is 0 Å². The van der Waals surface area contributed by atoms with Crippen LogP contribution in [0.4, 0.5) is 13.2 Å². The molecular formula is C8H14F3I. The molecule has 0 bridgehead atoms. The molecule has 0 unspecified atom stereocenters. The van der Waals surface area contributed by atoms with Crippen LogP contribution in [0.15, 0.2) is 9.66 Å². The van der Waals surface area contributed by atoms with Crippen LogP contribution in [-0.4, -0.2) is 16.0 Å². The molecule has 0 aliphatic carbocycles. The third-order valence-electron chi connectivity index (χ3n) is 1.28. The Morgan fingerprint density at radius 3 is 2.08 bits per heavy atom. The van der Waals surface area contributed by atoms with E-state index in [2.05, 4.69) is 0 Å². The predicted octanol–water partition coefficient (Wildman–Crippen LogP) is 4.00. The van der Waals surface area contributed by atoms with Gasteiger partial charge >= 0.3 is 78.4 Å². The second-order valence-corrected chi connectivity index (χ2v) is 8.31. The number of hydrogen-bond donors (Lipinski definition) is 0. The van der Waals surface area contributed by atoms with E-state index in [0.29, 0.717) is 10.0 Å². The van der Waals surface area contributed by atoms with Crippen molar-refractivity contribution in [2.45, 2.75) is 25.9 Å². The van der Waals surface area contributed by atoms with Crippen LogP contribution in [0, 0.1) is 0 Å². The average Bonchev–Trinajstić information content (AvgIpc) is 1.83. The molecular weight excluding hydrogens is 280 g/mol. The minimum absolute atomic E-state index is 0.647. The molecule has 0 N–H and O–H groups in total. The first-order valence-electron chi connectivity index (χ1n) is 3.62. The number of alkyl halides is 5. The van der Waals surface area contributed by atoms with Gasteiger partial charge in [-0.15, -0.1) is 0 Å². The van der Waals surface area contributed by atoms with E-state index in [9.17, 15) is 13.2 Å². The molecule has 74 valence electrons. The van der Waals surface area contributed by atoms with Crippen LogP contribution >= 0.6 is 19.8 Å². The van der Waals surface area contributed by atoms with E-state index in [1.807, 2.05) is 16.8 Å². The van der Waals surface area contributed by atoms with E-state index in [1.54, 1.807) is 6.08 Å². The Hall–Kier alpha value is 0.260. The molecule has 0 amide bonds. The van der Waals surface area contributed by atoms with Crippen LogP contribution in [0.2, 0.25) is 0 Å². The van der Waals surface area contributed by atoms with E-state index < -0.39 is 32.4 Å². The van der Waals surface area contributed by atoms with Crippen molar-refractivity contribution in [3.8, 4) is 0 Å². The topological polar surface area (TPSA) is 0 Å². The fourth-order valence-electron chi connectivity index (χ4n) is 0.773. The van der Waals surface area contributed by atoms with Crippen LogP contribution in [0.3, 0.4) is 0 Å². The van der Waals surface area contributed by atoms with Crippen LogP contribution in [0.5, 0.6) is 0 Å². The summed E-state index contributed by atoms with van der Waals surface area (Å²) in [4.78, 5) is 3.88. The summed E-state index contributed by atoms with van der Waals surface area (Å²) in [5, 5.41) is 0. The summed E-state index contributed by atoms with van der Waals surface area (Å²) in [6.45, 7) is 1.87. The Morgan fingerprint density at radius 2 is 1.83 bits per heavy atom. The van der Waals surface area contributed by atoms with Crippen LogP contribution < -0.4 is 0 Å². The van der Waals surface area contributed by atoms with Crippen molar-refractivity contribution in [2.24, 2.45) is 0 Å². The molecule has 0 nitrogen and oxygen atoms in total. The molecule has 0 aromatic rings. The Morgan fingerprint density at radius 1 is 1.33 bits per heavy atom. The van der Waals surface area contributed by atoms with Crippen molar-refractivity contribution in [1.82, 2.24) is 0 Å². The van der Waals surface area contributed by atoms with Crippen molar-refractivity contribution in [3.05, 3.63) is 9.66 Å². The van der Waals surface area contributed by atoms with E-state index in [0.717, 1.165) is 0 Å². The maximum absolute atomic E-state index is 12.0. The quantitative estimate of drug-likeness (QED) is 0.545. The summed E-state index contributed by atoms with van der Waals surface area (Å²) in [6, 6.07) is 0. The van der Waals surface area contributed by atoms with Gasteiger partial charge in [0.25, 0.3) is 0 Å². The summed E-state index contributed by atoms with van der Waals surface area (Å²) < 4.78 is 36.6. The van der Waals surface area contributed by atoms with Gasteiger partial charge in [-0.2, -0.15) is 0 Å². The zero-order valence-corrected chi connectivity index (χ0v) is 9.66. The van der Waals surface area contributed by atoms with Crippen molar-refractivity contribution < 1.29 is 13.2 Å². The van der Waals surface area contributed by atoms with Gasteiger partial charge in [0.2, 0.25) is 0 Å². The molecule has 0 aliphatic rings. The average molecular weight is 294 g/mol. The molecule has 0 heterocycles.